The number of aliphatic hydroxyl groups is 1. The van der Waals surface area contributed by atoms with Gasteiger partial charge in [-0.05, 0) is 42.5 Å². The summed E-state index contributed by atoms with van der Waals surface area (Å²) in [5.74, 6) is -0.230. The molecule has 1 amide bonds. The average Bonchev–Trinajstić information content (AvgIpc) is 2.77. The van der Waals surface area contributed by atoms with Gasteiger partial charge >= 0.3 is 0 Å². The Kier molecular flexibility index (Phi) is 6.44. The van der Waals surface area contributed by atoms with E-state index >= 15 is 0 Å². The number of fused-ring (bicyclic) bond motifs is 1. The fourth-order valence-corrected chi connectivity index (χ4v) is 3.96. The van der Waals surface area contributed by atoms with Gasteiger partial charge in [0.25, 0.3) is 5.56 Å². The van der Waals surface area contributed by atoms with Crippen LogP contribution in [0.3, 0.4) is 0 Å². The summed E-state index contributed by atoms with van der Waals surface area (Å²) >= 11 is 0. The van der Waals surface area contributed by atoms with Crippen molar-refractivity contribution in [3.63, 3.8) is 0 Å². The predicted octanol–water partition coefficient (Wildman–Crippen LogP) is 1.98. The Balaban J connectivity index is 1.31. The van der Waals surface area contributed by atoms with Gasteiger partial charge in [0.2, 0.25) is 5.91 Å². The van der Waals surface area contributed by atoms with E-state index in [1.165, 1.54) is 16.5 Å². The highest BCUT2D eigenvalue weighted by Gasteiger charge is 2.16. The SMILES string of the molecule is Cc1cccc2c(=O)n(CC(=O)NCc3ccc(CN4CCC(O)CC4)cc3)cnc12. The quantitative estimate of drug-likeness (QED) is 0.637. The zero-order valence-corrected chi connectivity index (χ0v) is 17.8. The van der Waals surface area contributed by atoms with Crippen molar-refractivity contribution >= 4 is 16.8 Å². The van der Waals surface area contributed by atoms with Crippen LogP contribution in [0.25, 0.3) is 10.9 Å². The van der Waals surface area contributed by atoms with E-state index < -0.39 is 0 Å². The largest absolute Gasteiger partial charge is 0.393 e. The minimum atomic E-state index is -0.230. The number of nitrogens with one attached hydrogen (secondary N) is 1. The topological polar surface area (TPSA) is 87.5 Å². The third kappa shape index (κ3) is 5.18. The van der Waals surface area contributed by atoms with Gasteiger partial charge < -0.3 is 10.4 Å². The number of amides is 1. The van der Waals surface area contributed by atoms with Crippen LogP contribution in [-0.2, 0) is 24.4 Å². The van der Waals surface area contributed by atoms with Crippen molar-refractivity contribution in [3.8, 4) is 0 Å². The molecule has 7 nitrogen and oxygen atoms in total. The number of piperidine rings is 1. The molecule has 7 heteroatoms. The number of carbonyl (C=O) groups is 1. The molecule has 31 heavy (non-hydrogen) atoms. The monoisotopic (exact) mass is 420 g/mol. The van der Waals surface area contributed by atoms with Crippen molar-refractivity contribution < 1.29 is 9.90 Å². The number of benzene rings is 2. The van der Waals surface area contributed by atoms with Crippen LogP contribution in [0.1, 0.15) is 29.5 Å². The summed E-state index contributed by atoms with van der Waals surface area (Å²) in [6.45, 7) is 4.96. The number of aromatic nitrogens is 2. The van der Waals surface area contributed by atoms with E-state index in [9.17, 15) is 14.7 Å². The molecule has 4 rings (SSSR count). The Hall–Kier alpha value is -3.03. The van der Waals surface area contributed by atoms with Crippen molar-refractivity contribution in [2.24, 2.45) is 0 Å². The van der Waals surface area contributed by atoms with Gasteiger partial charge in [0.1, 0.15) is 6.54 Å². The lowest BCUT2D eigenvalue weighted by Crippen LogP contribution is -2.35. The molecule has 1 aliphatic heterocycles. The fraction of sp³-hybridized carbons (Fsp3) is 0.375. The second-order valence-corrected chi connectivity index (χ2v) is 8.25. The number of likely N-dealkylation sites (tertiary alicyclic amines) is 1. The highest BCUT2D eigenvalue weighted by molar-refractivity contribution is 5.81. The van der Waals surface area contributed by atoms with E-state index in [-0.39, 0.29) is 24.1 Å². The molecule has 0 spiro atoms. The van der Waals surface area contributed by atoms with Crippen LogP contribution < -0.4 is 10.9 Å². The number of hydrogen-bond donors (Lipinski definition) is 2. The smallest absolute Gasteiger partial charge is 0.261 e. The molecule has 1 aliphatic rings. The molecular formula is C24H28N4O3. The summed E-state index contributed by atoms with van der Waals surface area (Å²) < 4.78 is 1.34. The van der Waals surface area contributed by atoms with E-state index in [4.69, 9.17) is 0 Å². The first-order valence-electron chi connectivity index (χ1n) is 10.7. The summed E-state index contributed by atoms with van der Waals surface area (Å²) in [4.78, 5) is 31.7. The van der Waals surface area contributed by atoms with E-state index in [1.54, 1.807) is 6.07 Å². The highest BCUT2D eigenvalue weighted by Crippen LogP contribution is 2.14. The molecule has 1 fully saturated rings. The van der Waals surface area contributed by atoms with Crippen molar-refractivity contribution in [2.75, 3.05) is 13.1 Å². The minimum Gasteiger partial charge on any atom is -0.393 e. The number of rotatable bonds is 6. The summed E-state index contributed by atoms with van der Waals surface area (Å²) in [6, 6.07) is 13.7. The molecule has 2 heterocycles. The minimum absolute atomic E-state index is 0.0609. The Bertz CT molecular complexity index is 1120. The van der Waals surface area contributed by atoms with Crippen LogP contribution in [0, 0.1) is 6.92 Å². The summed E-state index contributed by atoms with van der Waals surface area (Å²) in [6.07, 6.45) is 2.94. The van der Waals surface area contributed by atoms with E-state index in [2.05, 4.69) is 27.3 Å². The van der Waals surface area contributed by atoms with Crippen molar-refractivity contribution in [1.29, 1.82) is 0 Å². The summed E-state index contributed by atoms with van der Waals surface area (Å²) in [5.41, 5.74) is 3.62. The van der Waals surface area contributed by atoms with Gasteiger partial charge in [-0.3, -0.25) is 19.1 Å². The second kappa shape index (κ2) is 9.41. The molecule has 2 aromatic carbocycles. The molecule has 162 valence electrons. The van der Waals surface area contributed by atoms with Crippen LogP contribution in [-0.4, -0.2) is 44.7 Å². The number of para-hydroxylation sites is 1. The summed E-state index contributed by atoms with van der Waals surface area (Å²) in [5, 5.41) is 13.0. The molecule has 1 saturated heterocycles. The molecule has 0 aliphatic carbocycles. The molecular weight excluding hydrogens is 392 g/mol. The van der Waals surface area contributed by atoms with Gasteiger partial charge in [-0.15, -0.1) is 0 Å². The standard InChI is InChI=1S/C24H28N4O3/c1-17-3-2-4-21-23(17)26-16-28(24(21)31)15-22(30)25-13-18-5-7-19(8-6-18)14-27-11-9-20(29)10-12-27/h2-8,16,20,29H,9-15H2,1H3,(H,25,30). The first-order chi connectivity index (χ1) is 15.0. The van der Waals surface area contributed by atoms with Crippen LogP contribution in [0.5, 0.6) is 0 Å². The van der Waals surface area contributed by atoms with Gasteiger partial charge in [-0.25, -0.2) is 4.98 Å². The Morgan fingerprint density at radius 3 is 2.58 bits per heavy atom. The average molecular weight is 421 g/mol. The van der Waals surface area contributed by atoms with Crippen LogP contribution in [0.4, 0.5) is 0 Å². The fourth-order valence-electron chi connectivity index (χ4n) is 3.96. The van der Waals surface area contributed by atoms with Crippen molar-refractivity contribution in [2.45, 2.75) is 45.5 Å². The van der Waals surface area contributed by atoms with Crippen LogP contribution >= 0.6 is 0 Å². The van der Waals surface area contributed by atoms with Crippen molar-refractivity contribution in [1.82, 2.24) is 19.8 Å². The highest BCUT2D eigenvalue weighted by atomic mass is 16.3. The maximum Gasteiger partial charge on any atom is 0.261 e. The molecule has 0 atom stereocenters. The number of aryl methyl sites for hydroxylation is 1. The Morgan fingerprint density at radius 2 is 1.84 bits per heavy atom. The predicted molar refractivity (Wildman–Crippen MR) is 120 cm³/mol. The van der Waals surface area contributed by atoms with E-state index in [1.807, 2.05) is 31.2 Å². The zero-order valence-electron chi connectivity index (χ0n) is 17.8. The lowest BCUT2D eigenvalue weighted by atomic mass is 10.1. The van der Waals surface area contributed by atoms with Gasteiger partial charge in [0.05, 0.1) is 23.3 Å². The van der Waals surface area contributed by atoms with Gasteiger partial charge in [-0.1, -0.05) is 36.4 Å². The lowest BCUT2D eigenvalue weighted by molar-refractivity contribution is -0.121. The normalized spacial score (nSPS) is 15.3. The van der Waals surface area contributed by atoms with Gasteiger partial charge in [-0.2, -0.15) is 0 Å². The van der Waals surface area contributed by atoms with Crippen LogP contribution in [0.15, 0.2) is 53.6 Å². The molecule has 0 saturated carbocycles. The number of nitrogens with zero attached hydrogens (tertiary/aromatic N) is 3. The number of carbonyl (C=O) groups excluding carboxylic acids is 1. The first kappa shape index (κ1) is 21.2. The van der Waals surface area contributed by atoms with E-state index in [0.29, 0.717) is 17.4 Å². The van der Waals surface area contributed by atoms with Gasteiger partial charge in [0, 0.05) is 26.2 Å². The number of aliphatic hydroxyl groups excluding tert-OH is 1. The van der Waals surface area contributed by atoms with Crippen LogP contribution in [0.2, 0.25) is 0 Å². The maximum atomic E-state index is 12.6. The molecule has 0 radical (unpaired) electrons. The second-order valence-electron chi connectivity index (χ2n) is 8.25. The Morgan fingerprint density at radius 1 is 1.13 bits per heavy atom. The molecule has 0 bridgehead atoms. The first-order valence-corrected chi connectivity index (χ1v) is 10.7. The number of hydrogen-bond acceptors (Lipinski definition) is 5. The Labute approximate surface area is 181 Å². The third-order valence-electron chi connectivity index (χ3n) is 5.85. The van der Waals surface area contributed by atoms with E-state index in [0.717, 1.165) is 43.6 Å². The molecule has 2 N–H and O–H groups in total. The lowest BCUT2D eigenvalue weighted by Gasteiger charge is -2.29. The molecule has 0 unspecified atom stereocenters. The summed E-state index contributed by atoms with van der Waals surface area (Å²) in [7, 11) is 0. The zero-order chi connectivity index (χ0) is 21.8. The molecule has 3 aromatic rings. The van der Waals surface area contributed by atoms with Gasteiger partial charge in [0.15, 0.2) is 0 Å². The maximum absolute atomic E-state index is 12.6. The third-order valence-corrected chi connectivity index (χ3v) is 5.85. The molecule has 1 aromatic heterocycles. The van der Waals surface area contributed by atoms with Crippen molar-refractivity contribution in [3.05, 3.63) is 75.8 Å².